The number of hydrogen-bond donors (Lipinski definition) is 5. The van der Waals surface area contributed by atoms with Gasteiger partial charge in [-0.15, -0.1) is 0 Å². The first-order valence-electron chi connectivity index (χ1n) is 10.4. The summed E-state index contributed by atoms with van der Waals surface area (Å²) in [5.41, 5.74) is 3.26. The SMILES string of the molecule is NC(=O)C1=C(O)[C@@]2(O)C(=O)C3=C(O)c4c(O)ccc(-c5cnc(Cl)nc5)c4CC3CC2CC1=O. The van der Waals surface area contributed by atoms with Crippen LogP contribution in [0.3, 0.4) is 0 Å². The summed E-state index contributed by atoms with van der Waals surface area (Å²) in [6.45, 7) is 0. The second kappa shape index (κ2) is 7.37. The molecule has 0 aliphatic heterocycles. The molecular formula is C23H18ClN3O7. The van der Waals surface area contributed by atoms with Crippen LogP contribution in [0.5, 0.6) is 5.75 Å². The van der Waals surface area contributed by atoms with E-state index in [-0.39, 0.29) is 41.4 Å². The lowest BCUT2D eigenvalue weighted by Crippen LogP contribution is -2.58. The average Bonchev–Trinajstić information content (AvgIpc) is 2.77. The molecule has 1 saturated carbocycles. The number of nitrogens with two attached hydrogens (primary N) is 1. The van der Waals surface area contributed by atoms with Gasteiger partial charge in [-0.2, -0.15) is 0 Å². The standard InChI is InChI=1S/C23H18ClN3O7/c24-22-26-6-9(7-27-22)11-1-2-13(28)16-12(11)4-8-3-10-5-14(29)17(21(25)33)20(32)23(10,34)19(31)15(8)18(16)30/h1-2,6-8,10,28,30,32,34H,3-5H2,(H2,25,33)/t8?,10?,23-/m0/s1. The fourth-order valence-corrected chi connectivity index (χ4v) is 5.44. The Hall–Kier alpha value is -3.76. The van der Waals surface area contributed by atoms with Crippen molar-refractivity contribution in [3.63, 3.8) is 0 Å². The highest BCUT2D eigenvalue weighted by Crippen LogP contribution is 2.52. The molecule has 6 N–H and O–H groups in total. The van der Waals surface area contributed by atoms with Crippen molar-refractivity contribution in [2.75, 3.05) is 0 Å². The third-order valence-electron chi connectivity index (χ3n) is 6.88. The number of ketones is 2. The number of carbonyl (C=O) groups excluding carboxylic acids is 3. The molecule has 1 amide bonds. The largest absolute Gasteiger partial charge is 0.508 e. The summed E-state index contributed by atoms with van der Waals surface area (Å²) in [6.07, 6.45) is 2.82. The zero-order chi connectivity index (χ0) is 24.5. The summed E-state index contributed by atoms with van der Waals surface area (Å²) in [5.74, 6) is -6.68. The molecule has 2 unspecified atom stereocenters. The Bertz CT molecular complexity index is 1370. The molecule has 1 aromatic heterocycles. The normalized spacial score (nSPS) is 26.2. The lowest BCUT2D eigenvalue weighted by Gasteiger charge is -2.46. The van der Waals surface area contributed by atoms with E-state index in [9.17, 15) is 34.8 Å². The summed E-state index contributed by atoms with van der Waals surface area (Å²) in [5, 5.41) is 43.5. The number of phenols is 1. The lowest BCUT2D eigenvalue weighted by molar-refractivity contribution is -0.147. The van der Waals surface area contributed by atoms with E-state index >= 15 is 0 Å². The number of aromatic hydroxyl groups is 1. The molecule has 174 valence electrons. The minimum atomic E-state index is -2.59. The molecule has 1 fully saturated rings. The molecular weight excluding hydrogens is 466 g/mol. The molecule has 0 bridgehead atoms. The fraction of sp³-hybridized carbons (Fsp3) is 0.261. The van der Waals surface area contributed by atoms with E-state index in [4.69, 9.17) is 17.3 Å². The molecule has 0 spiro atoms. The molecule has 5 rings (SSSR count). The van der Waals surface area contributed by atoms with Crippen LogP contribution in [-0.2, 0) is 20.8 Å². The number of fused-ring (bicyclic) bond motifs is 3. The predicted octanol–water partition coefficient (Wildman–Crippen LogP) is 1.53. The number of carbonyl (C=O) groups is 3. The van der Waals surface area contributed by atoms with Crippen LogP contribution in [0.1, 0.15) is 24.0 Å². The summed E-state index contributed by atoms with van der Waals surface area (Å²) in [6, 6.07) is 2.96. The Labute approximate surface area is 197 Å². The van der Waals surface area contributed by atoms with Gasteiger partial charge in [0.05, 0.1) is 5.56 Å². The van der Waals surface area contributed by atoms with Crippen molar-refractivity contribution in [1.82, 2.24) is 9.97 Å². The van der Waals surface area contributed by atoms with Gasteiger partial charge in [-0.3, -0.25) is 14.4 Å². The number of Topliss-reactive ketones (excluding diaryl/α,β-unsaturated/α-hetero) is 2. The Morgan fingerprint density at radius 1 is 1.12 bits per heavy atom. The average molecular weight is 484 g/mol. The number of aliphatic hydroxyl groups is 3. The molecule has 10 nitrogen and oxygen atoms in total. The van der Waals surface area contributed by atoms with E-state index < -0.39 is 52.0 Å². The Kier molecular flexibility index (Phi) is 4.78. The number of aliphatic hydroxyl groups excluding tert-OH is 2. The zero-order valence-electron chi connectivity index (χ0n) is 17.4. The van der Waals surface area contributed by atoms with E-state index in [0.717, 1.165) is 0 Å². The number of benzene rings is 1. The summed E-state index contributed by atoms with van der Waals surface area (Å²) in [4.78, 5) is 45.5. The van der Waals surface area contributed by atoms with Crippen LogP contribution >= 0.6 is 11.6 Å². The van der Waals surface area contributed by atoms with Gasteiger partial charge in [-0.05, 0) is 47.6 Å². The number of primary amides is 1. The molecule has 1 heterocycles. The van der Waals surface area contributed by atoms with Crippen molar-refractivity contribution in [2.24, 2.45) is 17.6 Å². The predicted molar refractivity (Wildman–Crippen MR) is 117 cm³/mol. The molecule has 1 aromatic carbocycles. The van der Waals surface area contributed by atoms with E-state index in [1.807, 2.05) is 0 Å². The van der Waals surface area contributed by atoms with Gasteiger partial charge < -0.3 is 26.2 Å². The minimum absolute atomic E-state index is 0.000389. The van der Waals surface area contributed by atoms with Crippen LogP contribution < -0.4 is 5.73 Å². The topological polar surface area (TPSA) is 184 Å². The number of aromatic nitrogens is 2. The van der Waals surface area contributed by atoms with E-state index in [1.165, 1.54) is 18.5 Å². The highest BCUT2D eigenvalue weighted by molar-refractivity contribution is 6.28. The van der Waals surface area contributed by atoms with Crippen LogP contribution in [0.2, 0.25) is 5.28 Å². The fourth-order valence-electron chi connectivity index (χ4n) is 5.34. The second-order valence-electron chi connectivity index (χ2n) is 8.63. The number of amides is 1. The van der Waals surface area contributed by atoms with Crippen molar-refractivity contribution < 1.29 is 34.8 Å². The number of nitrogens with zero attached hydrogens (tertiary/aromatic N) is 2. The second-order valence-corrected chi connectivity index (χ2v) is 8.97. The molecule has 3 atom stereocenters. The van der Waals surface area contributed by atoms with Gasteiger partial charge in [0.15, 0.2) is 11.4 Å². The maximum absolute atomic E-state index is 13.5. The molecule has 2 aromatic rings. The molecule has 3 aliphatic carbocycles. The molecule has 11 heteroatoms. The van der Waals surface area contributed by atoms with Crippen LogP contribution in [0.25, 0.3) is 16.9 Å². The third-order valence-corrected chi connectivity index (χ3v) is 7.07. The lowest BCUT2D eigenvalue weighted by atomic mass is 9.59. The monoisotopic (exact) mass is 483 g/mol. The number of hydrogen-bond acceptors (Lipinski definition) is 9. The van der Waals surface area contributed by atoms with E-state index in [0.29, 0.717) is 16.7 Å². The highest BCUT2D eigenvalue weighted by atomic mass is 35.5. The van der Waals surface area contributed by atoms with Gasteiger partial charge in [0.2, 0.25) is 11.1 Å². The van der Waals surface area contributed by atoms with Crippen molar-refractivity contribution in [3.8, 4) is 16.9 Å². The highest BCUT2D eigenvalue weighted by Gasteiger charge is 2.60. The minimum Gasteiger partial charge on any atom is -0.508 e. The van der Waals surface area contributed by atoms with Crippen molar-refractivity contribution in [3.05, 3.63) is 57.8 Å². The zero-order valence-corrected chi connectivity index (χ0v) is 18.2. The summed E-state index contributed by atoms with van der Waals surface area (Å²) < 4.78 is 0. The Morgan fingerprint density at radius 2 is 1.79 bits per heavy atom. The van der Waals surface area contributed by atoms with E-state index in [2.05, 4.69) is 9.97 Å². The van der Waals surface area contributed by atoms with Gasteiger partial charge >= 0.3 is 0 Å². The van der Waals surface area contributed by atoms with Gasteiger partial charge in [0.25, 0.3) is 5.91 Å². The number of phenolic OH excluding ortho intramolecular Hbond substituents is 1. The maximum atomic E-state index is 13.5. The first-order valence-corrected chi connectivity index (χ1v) is 10.7. The van der Waals surface area contributed by atoms with Crippen LogP contribution in [-0.4, -0.2) is 53.5 Å². The van der Waals surface area contributed by atoms with Crippen molar-refractivity contribution in [1.29, 1.82) is 0 Å². The maximum Gasteiger partial charge on any atom is 0.255 e. The van der Waals surface area contributed by atoms with Gasteiger partial charge in [-0.25, -0.2) is 9.97 Å². The summed E-state index contributed by atoms with van der Waals surface area (Å²) in [7, 11) is 0. The van der Waals surface area contributed by atoms with Crippen LogP contribution in [0.15, 0.2) is 41.4 Å². The molecule has 3 aliphatic rings. The number of rotatable bonds is 2. The van der Waals surface area contributed by atoms with Gasteiger partial charge in [-0.1, -0.05) is 6.07 Å². The van der Waals surface area contributed by atoms with Crippen molar-refractivity contribution >= 4 is 34.8 Å². The van der Waals surface area contributed by atoms with Gasteiger partial charge in [0, 0.05) is 35.9 Å². The van der Waals surface area contributed by atoms with Crippen LogP contribution in [0, 0.1) is 11.8 Å². The van der Waals surface area contributed by atoms with Gasteiger partial charge in [0.1, 0.15) is 22.8 Å². The molecule has 34 heavy (non-hydrogen) atoms. The number of halogens is 1. The quantitative estimate of drug-likeness (QED) is 0.312. The van der Waals surface area contributed by atoms with Crippen LogP contribution in [0.4, 0.5) is 0 Å². The first-order chi connectivity index (χ1) is 16.1. The van der Waals surface area contributed by atoms with Crippen molar-refractivity contribution in [2.45, 2.75) is 24.9 Å². The Balaban J connectivity index is 1.70. The smallest absolute Gasteiger partial charge is 0.255 e. The summed E-state index contributed by atoms with van der Waals surface area (Å²) >= 11 is 5.78. The molecule has 0 saturated heterocycles. The molecule has 0 radical (unpaired) electrons. The Morgan fingerprint density at radius 3 is 2.44 bits per heavy atom. The first kappa shape index (κ1) is 22.1. The third kappa shape index (κ3) is 2.88. The van der Waals surface area contributed by atoms with E-state index in [1.54, 1.807) is 6.07 Å².